The van der Waals surface area contributed by atoms with E-state index in [9.17, 15) is 8.42 Å². The van der Waals surface area contributed by atoms with Gasteiger partial charge in [-0.05, 0) is 31.0 Å². The Balaban J connectivity index is 1.77. The lowest BCUT2D eigenvalue weighted by Gasteiger charge is -2.07. The molecule has 1 aromatic heterocycles. The fourth-order valence-corrected chi connectivity index (χ4v) is 3.48. The molecule has 0 amide bonds. The van der Waals surface area contributed by atoms with Gasteiger partial charge in [0.2, 0.25) is 0 Å². The van der Waals surface area contributed by atoms with Crippen molar-refractivity contribution in [2.75, 3.05) is 17.6 Å². The molecular weight excluding hydrogens is 284 g/mol. The van der Waals surface area contributed by atoms with Crippen LogP contribution in [0, 0.1) is 6.92 Å². The molecule has 0 saturated carbocycles. The van der Waals surface area contributed by atoms with Crippen molar-refractivity contribution in [2.45, 2.75) is 19.1 Å². The van der Waals surface area contributed by atoms with Gasteiger partial charge in [0.05, 0.1) is 11.5 Å². The van der Waals surface area contributed by atoms with Crippen LogP contribution in [0.25, 0.3) is 0 Å². The summed E-state index contributed by atoms with van der Waals surface area (Å²) in [5, 5.41) is 3.15. The summed E-state index contributed by atoms with van der Waals surface area (Å²) in [5.41, 5.74) is 1.78. The molecule has 0 aliphatic heterocycles. The van der Waals surface area contributed by atoms with Gasteiger partial charge < -0.3 is 5.32 Å². The number of hydrogen-bond acceptors (Lipinski definition) is 4. The Bertz CT molecular complexity index is 670. The van der Waals surface area contributed by atoms with Crippen LogP contribution in [0.5, 0.6) is 0 Å². The van der Waals surface area contributed by atoms with Crippen molar-refractivity contribution in [3.05, 3.63) is 59.8 Å². The highest BCUT2D eigenvalue weighted by Gasteiger charge is 2.11. The van der Waals surface area contributed by atoms with Crippen molar-refractivity contribution in [1.29, 1.82) is 0 Å². The zero-order valence-electron chi connectivity index (χ0n) is 12.1. The number of sulfone groups is 1. The minimum absolute atomic E-state index is 0.108. The molecule has 5 heteroatoms. The van der Waals surface area contributed by atoms with Gasteiger partial charge in [-0.15, -0.1) is 0 Å². The number of anilines is 1. The van der Waals surface area contributed by atoms with Gasteiger partial charge in [0.15, 0.2) is 9.84 Å². The molecule has 112 valence electrons. The van der Waals surface area contributed by atoms with E-state index in [-0.39, 0.29) is 11.5 Å². The third-order valence-electron chi connectivity index (χ3n) is 3.06. The molecule has 2 rings (SSSR count). The second-order valence-corrected chi connectivity index (χ2v) is 7.21. The lowest BCUT2D eigenvalue weighted by molar-refractivity contribution is 0.593. The van der Waals surface area contributed by atoms with Gasteiger partial charge in [-0.2, -0.15) is 0 Å². The first-order chi connectivity index (χ1) is 10.1. The molecule has 2 aromatic rings. The van der Waals surface area contributed by atoms with E-state index in [2.05, 4.69) is 10.3 Å². The molecule has 4 nitrogen and oxygen atoms in total. The zero-order chi connectivity index (χ0) is 15.1. The molecule has 0 aliphatic rings. The van der Waals surface area contributed by atoms with E-state index in [1.54, 1.807) is 0 Å². The van der Waals surface area contributed by atoms with Crippen LogP contribution in [0.1, 0.15) is 17.7 Å². The topological polar surface area (TPSA) is 59.1 Å². The Hall–Kier alpha value is -1.88. The van der Waals surface area contributed by atoms with E-state index in [1.807, 2.05) is 55.5 Å². The van der Waals surface area contributed by atoms with Crippen molar-refractivity contribution in [1.82, 2.24) is 4.98 Å². The van der Waals surface area contributed by atoms with E-state index in [0.717, 1.165) is 17.1 Å². The van der Waals surface area contributed by atoms with Crippen LogP contribution in [0.4, 0.5) is 5.82 Å². The summed E-state index contributed by atoms with van der Waals surface area (Å²) in [4.78, 5) is 4.31. The molecular formula is C16H20N2O2S. The van der Waals surface area contributed by atoms with E-state index in [0.29, 0.717) is 13.0 Å². The fraction of sp³-hybridized carbons (Fsp3) is 0.312. The van der Waals surface area contributed by atoms with Crippen LogP contribution in [0.15, 0.2) is 48.5 Å². The average molecular weight is 304 g/mol. The van der Waals surface area contributed by atoms with Gasteiger partial charge >= 0.3 is 0 Å². The summed E-state index contributed by atoms with van der Waals surface area (Å²) < 4.78 is 24.0. The zero-order valence-corrected chi connectivity index (χ0v) is 12.9. The second-order valence-electron chi connectivity index (χ2n) is 5.02. The molecule has 0 unspecified atom stereocenters. The first kappa shape index (κ1) is 15.5. The fourth-order valence-electron chi connectivity index (χ4n) is 2.05. The number of nitrogens with one attached hydrogen (secondary N) is 1. The number of aryl methyl sites for hydroxylation is 1. The molecule has 1 N–H and O–H groups in total. The predicted molar refractivity (Wildman–Crippen MR) is 86.0 cm³/mol. The normalized spacial score (nSPS) is 11.3. The van der Waals surface area contributed by atoms with E-state index in [1.165, 1.54) is 0 Å². The number of hydrogen-bond donors (Lipinski definition) is 1. The van der Waals surface area contributed by atoms with Crippen molar-refractivity contribution in [3.8, 4) is 0 Å². The summed E-state index contributed by atoms with van der Waals surface area (Å²) >= 11 is 0. The molecule has 0 saturated heterocycles. The molecule has 0 bridgehead atoms. The number of benzene rings is 1. The highest BCUT2D eigenvalue weighted by atomic mass is 32.2. The van der Waals surface area contributed by atoms with Crippen LogP contribution in [0.3, 0.4) is 0 Å². The number of pyridine rings is 1. The number of aromatic nitrogens is 1. The predicted octanol–water partition coefficient (Wildman–Crippen LogP) is 2.81. The van der Waals surface area contributed by atoms with Gasteiger partial charge in [0.25, 0.3) is 0 Å². The SMILES string of the molecule is Cc1cccc(NCCCS(=O)(=O)Cc2ccccc2)n1. The average Bonchev–Trinajstić information content (AvgIpc) is 2.44. The third-order valence-corrected chi connectivity index (χ3v) is 4.74. The smallest absolute Gasteiger partial charge is 0.154 e. The van der Waals surface area contributed by atoms with Gasteiger partial charge in [-0.3, -0.25) is 0 Å². The highest BCUT2D eigenvalue weighted by molar-refractivity contribution is 7.90. The molecule has 1 aromatic carbocycles. The largest absolute Gasteiger partial charge is 0.370 e. The Morgan fingerprint density at radius 1 is 1.05 bits per heavy atom. The van der Waals surface area contributed by atoms with Crippen molar-refractivity contribution >= 4 is 15.7 Å². The van der Waals surface area contributed by atoms with E-state index in [4.69, 9.17) is 0 Å². The summed E-state index contributed by atoms with van der Waals surface area (Å²) in [7, 11) is -3.06. The van der Waals surface area contributed by atoms with Gasteiger partial charge in [-0.1, -0.05) is 36.4 Å². The maximum absolute atomic E-state index is 12.0. The van der Waals surface area contributed by atoms with Crippen LogP contribution in [-0.4, -0.2) is 25.7 Å². The van der Waals surface area contributed by atoms with Gasteiger partial charge in [-0.25, -0.2) is 13.4 Å². The summed E-state index contributed by atoms with van der Waals surface area (Å²) in [6, 6.07) is 15.0. The minimum Gasteiger partial charge on any atom is -0.370 e. The lowest BCUT2D eigenvalue weighted by atomic mass is 10.2. The van der Waals surface area contributed by atoms with Crippen LogP contribution < -0.4 is 5.32 Å². The van der Waals surface area contributed by atoms with Crippen molar-refractivity contribution in [2.24, 2.45) is 0 Å². The monoisotopic (exact) mass is 304 g/mol. The molecule has 0 spiro atoms. The molecule has 0 atom stereocenters. The number of rotatable bonds is 7. The molecule has 0 aliphatic carbocycles. The van der Waals surface area contributed by atoms with Crippen molar-refractivity contribution in [3.63, 3.8) is 0 Å². The molecule has 0 radical (unpaired) electrons. The highest BCUT2D eigenvalue weighted by Crippen LogP contribution is 2.08. The van der Waals surface area contributed by atoms with Crippen LogP contribution >= 0.6 is 0 Å². The molecule has 21 heavy (non-hydrogen) atoms. The first-order valence-electron chi connectivity index (χ1n) is 6.97. The summed E-state index contributed by atoms with van der Waals surface area (Å²) in [6.07, 6.45) is 0.574. The Labute approximate surface area is 126 Å². The minimum atomic E-state index is -3.06. The standard InChI is InChI=1S/C16H20N2O2S/c1-14-7-5-10-16(18-14)17-11-6-12-21(19,20)13-15-8-3-2-4-9-15/h2-5,7-10H,6,11-13H2,1H3,(H,17,18). The van der Waals surface area contributed by atoms with Crippen molar-refractivity contribution < 1.29 is 8.42 Å². The first-order valence-corrected chi connectivity index (χ1v) is 8.79. The van der Waals surface area contributed by atoms with E-state index < -0.39 is 9.84 Å². The number of nitrogens with zero attached hydrogens (tertiary/aromatic N) is 1. The maximum atomic E-state index is 12.0. The van der Waals surface area contributed by atoms with Gasteiger partial charge in [0, 0.05) is 12.2 Å². The lowest BCUT2D eigenvalue weighted by Crippen LogP contribution is -2.13. The van der Waals surface area contributed by atoms with E-state index >= 15 is 0 Å². The Kier molecular flexibility index (Phi) is 5.33. The summed E-state index contributed by atoms with van der Waals surface area (Å²) in [6.45, 7) is 2.53. The summed E-state index contributed by atoms with van der Waals surface area (Å²) in [5.74, 6) is 1.08. The second kappa shape index (κ2) is 7.22. The third kappa shape index (κ3) is 5.55. The van der Waals surface area contributed by atoms with Gasteiger partial charge in [0.1, 0.15) is 5.82 Å². The molecule has 0 fully saturated rings. The Morgan fingerprint density at radius 2 is 1.81 bits per heavy atom. The Morgan fingerprint density at radius 3 is 2.52 bits per heavy atom. The maximum Gasteiger partial charge on any atom is 0.154 e. The molecule has 1 heterocycles. The van der Waals surface area contributed by atoms with Crippen LogP contribution in [-0.2, 0) is 15.6 Å². The quantitative estimate of drug-likeness (QED) is 0.799. The van der Waals surface area contributed by atoms with Crippen LogP contribution in [0.2, 0.25) is 0 Å².